The van der Waals surface area contributed by atoms with E-state index in [0.717, 1.165) is 36.9 Å². The Kier molecular flexibility index (Phi) is 6.28. The first-order chi connectivity index (χ1) is 14.7. The number of benzene rings is 2. The second-order valence-corrected chi connectivity index (χ2v) is 7.97. The topological polar surface area (TPSA) is 54.4 Å². The number of ether oxygens (including phenoxy) is 2. The lowest BCUT2D eigenvalue weighted by Crippen LogP contribution is -2.47. The Morgan fingerprint density at radius 2 is 1.77 bits per heavy atom. The molecule has 0 spiro atoms. The number of hydrogen-bond donors (Lipinski definition) is 0. The normalized spacial score (nSPS) is 18.0. The predicted octanol–water partition coefficient (Wildman–Crippen LogP) is 3.89. The predicted molar refractivity (Wildman–Crippen MR) is 122 cm³/mol. The summed E-state index contributed by atoms with van der Waals surface area (Å²) in [6.45, 7) is 6.01. The van der Waals surface area contributed by atoms with Crippen molar-refractivity contribution in [1.82, 2.24) is 4.90 Å². The van der Waals surface area contributed by atoms with E-state index in [0.29, 0.717) is 23.0 Å². The van der Waals surface area contributed by atoms with Gasteiger partial charge in [-0.3, -0.25) is 4.79 Å². The van der Waals surface area contributed by atoms with Crippen LogP contribution in [-0.2, 0) is 4.79 Å². The highest BCUT2D eigenvalue weighted by Crippen LogP contribution is 2.33. The molecule has 2 aliphatic heterocycles. The van der Waals surface area contributed by atoms with Gasteiger partial charge in [-0.15, -0.1) is 0 Å². The van der Waals surface area contributed by atoms with Crippen LogP contribution in [0.2, 0.25) is 0 Å². The molecule has 0 aliphatic carbocycles. The average molecular weight is 424 g/mol. The second-order valence-electron chi connectivity index (χ2n) is 6.96. The second kappa shape index (κ2) is 9.26. The van der Waals surface area contributed by atoms with Gasteiger partial charge in [0.1, 0.15) is 0 Å². The number of para-hydroxylation sites is 1. The van der Waals surface area contributed by atoms with Crippen molar-refractivity contribution in [2.45, 2.75) is 6.92 Å². The summed E-state index contributed by atoms with van der Waals surface area (Å²) in [6.07, 6.45) is 1.86. The quantitative estimate of drug-likeness (QED) is 0.680. The lowest BCUT2D eigenvalue weighted by molar-refractivity contribution is -0.113. The zero-order chi connectivity index (χ0) is 20.9. The summed E-state index contributed by atoms with van der Waals surface area (Å²) in [7, 11) is 1.61. The Labute approximate surface area is 181 Å². The Hall–Kier alpha value is -2.93. The molecule has 30 heavy (non-hydrogen) atoms. The van der Waals surface area contributed by atoms with Crippen molar-refractivity contribution < 1.29 is 14.3 Å². The number of carbonyl (C=O) groups excluding carboxylic acids is 1. The molecule has 2 aromatic carbocycles. The summed E-state index contributed by atoms with van der Waals surface area (Å²) in [5.41, 5.74) is 2.12. The molecule has 7 heteroatoms. The first-order valence-electron chi connectivity index (χ1n) is 10.1. The molecule has 6 nitrogen and oxygen atoms in total. The number of piperazine rings is 1. The van der Waals surface area contributed by atoms with Gasteiger partial charge < -0.3 is 19.3 Å². The molecule has 1 saturated heterocycles. The molecule has 4 rings (SSSR count). The zero-order valence-electron chi connectivity index (χ0n) is 17.2. The van der Waals surface area contributed by atoms with Crippen molar-refractivity contribution in [3.63, 3.8) is 0 Å². The van der Waals surface area contributed by atoms with Gasteiger partial charge in [-0.25, -0.2) is 0 Å². The fourth-order valence-corrected chi connectivity index (χ4v) is 4.49. The number of amidine groups is 1. The van der Waals surface area contributed by atoms with Crippen molar-refractivity contribution in [2.75, 3.05) is 44.8 Å². The number of thioether (sulfide) groups is 1. The average Bonchev–Trinajstić information content (AvgIpc) is 3.16. The third-order valence-corrected chi connectivity index (χ3v) is 6.11. The molecule has 2 aliphatic rings. The van der Waals surface area contributed by atoms with E-state index in [1.165, 1.54) is 17.4 Å². The van der Waals surface area contributed by atoms with Crippen LogP contribution in [0.3, 0.4) is 0 Å². The highest BCUT2D eigenvalue weighted by Gasteiger charge is 2.28. The van der Waals surface area contributed by atoms with Crippen LogP contribution in [0, 0.1) is 0 Å². The van der Waals surface area contributed by atoms with Crippen molar-refractivity contribution >= 4 is 34.6 Å². The molecular formula is C23H25N3O3S. The molecule has 1 amide bonds. The summed E-state index contributed by atoms with van der Waals surface area (Å²) in [5.74, 6) is 1.16. The molecule has 2 heterocycles. The van der Waals surface area contributed by atoms with E-state index in [4.69, 9.17) is 9.47 Å². The van der Waals surface area contributed by atoms with E-state index >= 15 is 0 Å². The lowest BCUT2D eigenvalue weighted by atomic mass is 10.2. The Morgan fingerprint density at radius 1 is 1.03 bits per heavy atom. The number of hydrogen-bond acceptors (Lipinski definition) is 6. The van der Waals surface area contributed by atoms with Crippen LogP contribution in [0.5, 0.6) is 11.5 Å². The van der Waals surface area contributed by atoms with Crippen LogP contribution in [0.25, 0.3) is 6.08 Å². The molecule has 0 atom stereocenters. The largest absolute Gasteiger partial charge is 0.493 e. The van der Waals surface area contributed by atoms with Crippen LogP contribution in [0.15, 0.2) is 58.4 Å². The molecule has 1 fully saturated rings. The minimum Gasteiger partial charge on any atom is -0.493 e. The number of rotatable bonds is 5. The monoisotopic (exact) mass is 423 g/mol. The van der Waals surface area contributed by atoms with Crippen molar-refractivity contribution in [1.29, 1.82) is 0 Å². The summed E-state index contributed by atoms with van der Waals surface area (Å²) in [5, 5.41) is 0.789. The molecule has 0 radical (unpaired) electrons. The minimum atomic E-state index is -0.187. The molecule has 0 bridgehead atoms. The number of carbonyl (C=O) groups is 1. The Morgan fingerprint density at radius 3 is 2.47 bits per heavy atom. The van der Waals surface area contributed by atoms with Gasteiger partial charge in [-0.1, -0.05) is 24.3 Å². The maximum absolute atomic E-state index is 12.5. The van der Waals surface area contributed by atoms with Gasteiger partial charge >= 0.3 is 0 Å². The SMILES string of the molecule is CCOc1ccc(/C=C2\SC(N3CCN(c4ccccc4)CC3)=NC2=O)cc1OC. The van der Waals surface area contributed by atoms with Gasteiger partial charge in [0.05, 0.1) is 18.6 Å². The van der Waals surface area contributed by atoms with Crippen molar-refractivity contribution in [2.24, 2.45) is 4.99 Å². The number of anilines is 1. The Balaban J connectivity index is 1.41. The maximum Gasteiger partial charge on any atom is 0.286 e. The van der Waals surface area contributed by atoms with Gasteiger partial charge in [-0.2, -0.15) is 4.99 Å². The Bertz CT molecular complexity index is 967. The first-order valence-corrected chi connectivity index (χ1v) is 10.9. The number of methoxy groups -OCH3 is 1. The van der Waals surface area contributed by atoms with Crippen LogP contribution in [-0.4, -0.2) is 55.9 Å². The summed E-state index contributed by atoms with van der Waals surface area (Å²) in [4.78, 5) is 22.0. The van der Waals surface area contributed by atoms with Crippen LogP contribution >= 0.6 is 11.8 Å². The van der Waals surface area contributed by atoms with Gasteiger partial charge in [0.25, 0.3) is 5.91 Å². The van der Waals surface area contributed by atoms with Crippen LogP contribution < -0.4 is 14.4 Å². The van der Waals surface area contributed by atoms with Crippen molar-refractivity contribution in [3.8, 4) is 11.5 Å². The maximum atomic E-state index is 12.5. The molecule has 0 unspecified atom stereocenters. The fourth-order valence-electron chi connectivity index (χ4n) is 3.53. The van der Waals surface area contributed by atoms with Crippen LogP contribution in [0.1, 0.15) is 12.5 Å². The zero-order valence-corrected chi connectivity index (χ0v) is 18.0. The first kappa shape index (κ1) is 20.3. The molecule has 2 aromatic rings. The van der Waals surface area contributed by atoms with E-state index in [2.05, 4.69) is 39.1 Å². The lowest BCUT2D eigenvalue weighted by Gasteiger charge is -2.36. The van der Waals surface area contributed by atoms with E-state index in [1.54, 1.807) is 7.11 Å². The molecule has 0 N–H and O–H groups in total. The standard InChI is InChI=1S/C23H25N3O3S/c1-3-29-19-10-9-17(15-20(19)28-2)16-21-22(27)24-23(30-21)26-13-11-25(12-14-26)18-7-5-4-6-8-18/h4-10,15-16H,3,11-14H2,1-2H3/b21-16-. The molecular weight excluding hydrogens is 398 g/mol. The minimum absolute atomic E-state index is 0.187. The van der Waals surface area contributed by atoms with E-state index < -0.39 is 0 Å². The third kappa shape index (κ3) is 4.46. The number of nitrogens with zero attached hydrogens (tertiary/aromatic N) is 3. The number of aliphatic imine (C=N–C) groups is 1. The van der Waals surface area contributed by atoms with Gasteiger partial charge in [0.15, 0.2) is 16.7 Å². The van der Waals surface area contributed by atoms with Gasteiger partial charge in [0.2, 0.25) is 0 Å². The summed E-state index contributed by atoms with van der Waals surface area (Å²) < 4.78 is 11.0. The summed E-state index contributed by atoms with van der Waals surface area (Å²) in [6, 6.07) is 16.1. The highest BCUT2D eigenvalue weighted by molar-refractivity contribution is 8.18. The van der Waals surface area contributed by atoms with Gasteiger partial charge in [0, 0.05) is 31.9 Å². The van der Waals surface area contributed by atoms with E-state index in [-0.39, 0.29) is 5.91 Å². The molecule has 0 aromatic heterocycles. The van der Waals surface area contributed by atoms with Crippen LogP contribution in [0.4, 0.5) is 5.69 Å². The highest BCUT2D eigenvalue weighted by atomic mass is 32.2. The van der Waals surface area contributed by atoms with E-state index in [9.17, 15) is 4.79 Å². The smallest absolute Gasteiger partial charge is 0.286 e. The summed E-state index contributed by atoms with van der Waals surface area (Å²) >= 11 is 1.44. The number of amides is 1. The van der Waals surface area contributed by atoms with Crippen molar-refractivity contribution in [3.05, 3.63) is 59.0 Å². The molecule has 0 saturated carbocycles. The van der Waals surface area contributed by atoms with E-state index in [1.807, 2.05) is 37.3 Å². The third-order valence-electron chi connectivity index (χ3n) is 5.07. The van der Waals surface area contributed by atoms with Gasteiger partial charge in [-0.05, 0) is 54.6 Å². The fraction of sp³-hybridized carbons (Fsp3) is 0.304. The molecule has 156 valence electrons.